The maximum Gasteiger partial charge on any atom is 0.336 e. The van der Waals surface area contributed by atoms with E-state index in [2.05, 4.69) is 30.3 Å². The largest absolute Gasteiger partial charge is 0.423 e. The summed E-state index contributed by atoms with van der Waals surface area (Å²) < 4.78 is 5.31. The van der Waals surface area contributed by atoms with E-state index in [9.17, 15) is 4.79 Å². The highest BCUT2D eigenvalue weighted by atomic mass is 16.4. The van der Waals surface area contributed by atoms with E-state index in [4.69, 9.17) is 4.42 Å². The molecule has 0 atom stereocenters. The Kier molecular flexibility index (Phi) is 3.28. The van der Waals surface area contributed by atoms with Crippen LogP contribution in [0.25, 0.3) is 33.2 Å². The van der Waals surface area contributed by atoms with E-state index in [1.807, 2.05) is 42.5 Å². The predicted octanol–water partition coefficient (Wildman–Crippen LogP) is 5.13. The fraction of sp³-hybridized carbons (Fsp3) is 0. The van der Waals surface area contributed by atoms with Crippen LogP contribution in [0.2, 0.25) is 0 Å². The molecule has 0 saturated carbocycles. The summed E-state index contributed by atoms with van der Waals surface area (Å²) in [5, 5.41) is 0.922. The molecule has 4 rings (SSSR count). The van der Waals surface area contributed by atoms with Crippen molar-refractivity contribution in [2.45, 2.75) is 0 Å². The molecule has 0 aliphatic rings. The van der Waals surface area contributed by atoms with Gasteiger partial charge in [0, 0.05) is 11.5 Å². The van der Waals surface area contributed by atoms with E-state index in [1.54, 1.807) is 6.07 Å². The Morgan fingerprint density at radius 2 is 1.26 bits per heavy atom. The van der Waals surface area contributed by atoms with Gasteiger partial charge in [0.25, 0.3) is 0 Å². The van der Waals surface area contributed by atoms with E-state index in [1.165, 1.54) is 6.07 Å². The van der Waals surface area contributed by atoms with Gasteiger partial charge >= 0.3 is 5.63 Å². The summed E-state index contributed by atoms with van der Waals surface area (Å²) in [5.74, 6) is 0. The van der Waals surface area contributed by atoms with Crippen molar-refractivity contribution in [3.05, 3.63) is 95.3 Å². The van der Waals surface area contributed by atoms with Gasteiger partial charge in [0.05, 0.1) is 0 Å². The second kappa shape index (κ2) is 5.58. The van der Waals surface area contributed by atoms with Crippen molar-refractivity contribution in [2.75, 3.05) is 0 Å². The fourth-order valence-electron chi connectivity index (χ4n) is 2.83. The molecule has 0 aliphatic heterocycles. The van der Waals surface area contributed by atoms with E-state index in [0.29, 0.717) is 5.58 Å². The predicted molar refractivity (Wildman–Crippen MR) is 93.4 cm³/mol. The van der Waals surface area contributed by atoms with Gasteiger partial charge in [-0.05, 0) is 34.4 Å². The van der Waals surface area contributed by atoms with Crippen LogP contribution in [0.4, 0.5) is 0 Å². The molecule has 0 aliphatic carbocycles. The SMILES string of the molecule is O=c1ccc2ccc(-c3ccccc3-c3ccccc3)cc2o1. The highest BCUT2D eigenvalue weighted by molar-refractivity contribution is 5.88. The summed E-state index contributed by atoms with van der Waals surface area (Å²) in [6, 6.07) is 27.7. The molecule has 2 nitrogen and oxygen atoms in total. The third-order valence-electron chi connectivity index (χ3n) is 3.95. The summed E-state index contributed by atoms with van der Waals surface area (Å²) in [5.41, 5.74) is 4.76. The smallest absolute Gasteiger partial charge is 0.336 e. The standard InChI is InChI=1S/C21H14O2/c22-21-13-12-16-10-11-17(14-20(16)23-21)19-9-5-4-8-18(19)15-6-2-1-3-7-15/h1-14H. The minimum Gasteiger partial charge on any atom is -0.423 e. The third-order valence-corrected chi connectivity index (χ3v) is 3.95. The van der Waals surface area contributed by atoms with Gasteiger partial charge in [0.2, 0.25) is 0 Å². The second-order valence-electron chi connectivity index (χ2n) is 5.42. The Balaban J connectivity index is 1.93. The van der Waals surface area contributed by atoms with E-state index < -0.39 is 0 Å². The number of hydrogen-bond acceptors (Lipinski definition) is 2. The molecule has 1 heterocycles. The molecular weight excluding hydrogens is 284 g/mol. The molecule has 0 unspecified atom stereocenters. The number of fused-ring (bicyclic) bond motifs is 1. The Bertz CT molecular complexity index is 1030. The first kappa shape index (κ1) is 13.5. The van der Waals surface area contributed by atoms with Crippen LogP contribution < -0.4 is 5.63 Å². The van der Waals surface area contributed by atoms with Crippen LogP contribution in [0.1, 0.15) is 0 Å². The Hall–Kier alpha value is -3.13. The van der Waals surface area contributed by atoms with Gasteiger partial charge in [-0.2, -0.15) is 0 Å². The molecule has 4 aromatic rings. The normalized spacial score (nSPS) is 10.8. The van der Waals surface area contributed by atoms with Crippen molar-refractivity contribution in [1.82, 2.24) is 0 Å². The van der Waals surface area contributed by atoms with Gasteiger partial charge in [0.15, 0.2) is 0 Å². The quantitative estimate of drug-likeness (QED) is 0.480. The van der Waals surface area contributed by atoms with Gasteiger partial charge in [-0.25, -0.2) is 4.79 Å². The van der Waals surface area contributed by atoms with Gasteiger partial charge in [-0.15, -0.1) is 0 Å². The van der Waals surface area contributed by atoms with Crippen molar-refractivity contribution in [2.24, 2.45) is 0 Å². The van der Waals surface area contributed by atoms with Crippen LogP contribution in [-0.2, 0) is 0 Å². The summed E-state index contributed by atoms with van der Waals surface area (Å²) in [7, 11) is 0. The lowest BCUT2D eigenvalue weighted by atomic mass is 9.94. The molecule has 0 fully saturated rings. The first-order valence-electron chi connectivity index (χ1n) is 7.50. The maximum atomic E-state index is 11.5. The zero-order chi connectivity index (χ0) is 15.6. The summed E-state index contributed by atoms with van der Waals surface area (Å²) in [6.07, 6.45) is 0. The first-order chi connectivity index (χ1) is 11.3. The van der Waals surface area contributed by atoms with Crippen molar-refractivity contribution < 1.29 is 4.42 Å². The molecular formula is C21H14O2. The average Bonchev–Trinajstić information content (AvgIpc) is 2.62. The van der Waals surface area contributed by atoms with Crippen molar-refractivity contribution in [1.29, 1.82) is 0 Å². The van der Waals surface area contributed by atoms with Crippen LogP contribution in [0.3, 0.4) is 0 Å². The average molecular weight is 298 g/mol. The van der Waals surface area contributed by atoms with E-state index in [-0.39, 0.29) is 5.63 Å². The zero-order valence-corrected chi connectivity index (χ0v) is 12.4. The lowest BCUT2D eigenvalue weighted by Gasteiger charge is -2.10. The van der Waals surface area contributed by atoms with Crippen LogP contribution in [0, 0.1) is 0 Å². The Morgan fingerprint density at radius 3 is 2.04 bits per heavy atom. The van der Waals surface area contributed by atoms with Crippen molar-refractivity contribution in [3.8, 4) is 22.3 Å². The van der Waals surface area contributed by atoms with Gasteiger partial charge in [-0.1, -0.05) is 66.7 Å². The lowest BCUT2D eigenvalue weighted by Crippen LogP contribution is -1.94. The molecule has 110 valence electrons. The zero-order valence-electron chi connectivity index (χ0n) is 12.4. The highest BCUT2D eigenvalue weighted by Gasteiger charge is 2.08. The van der Waals surface area contributed by atoms with Gasteiger partial charge < -0.3 is 4.42 Å². The maximum absolute atomic E-state index is 11.5. The Labute approximate surface area is 133 Å². The topological polar surface area (TPSA) is 30.2 Å². The lowest BCUT2D eigenvalue weighted by molar-refractivity contribution is 0.561. The molecule has 0 saturated heterocycles. The number of rotatable bonds is 2. The molecule has 0 radical (unpaired) electrons. The minimum absolute atomic E-state index is 0.328. The Morgan fingerprint density at radius 1 is 0.609 bits per heavy atom. The number of hydrogen-bond donors (Lipinski definition) is 0. The molecule has 3 aromatic carbocycles. The number of benzene rings is 3. The molecule has 1 aromatic heterocycles. The van der Waals surface area contributed by atoms with Gasteiger partial charge in [0.1, 0.15) is 5.58 Å². The van der Waals surface area contributed by atoms with Crippen LogP contribution in [0.15, 0.2) is 94.1 Å². The van der Waals surface area contributed by atoms with Gasteiger partial charge in [-0.3, -0.25) is 0 Å². The molecule has 0 bridgehead atoms. The minimum atomic E-state index is -0.328. The van der Waals surface area contributed by atoms with E-state index in [0.717, 1.165) is 27.6 Å². The molecule has 23 heavy (non-hydrogen) atoms. The molecule has 0 N–H and O–H groups in total. The van der Waals surface area contributed by atoms with Crippen LogP contribution in [0.5, 0.6) is 0 Å². The summed E-state index contributed by atoms with van der Waals surface area (Å²) >= 11 is 0. The summed E-state index contributed by atoms with van der Waals surface area (Å²) in [6.45, 7) is 0. The molecule has 2 heteroatoms. The van der Waals surface area contributed by atoms with E-state index >= 15 is 0 Å². The van der Waals surface area contributed by atoms with Crippen molar-refractivity contribution >= 4 is 11.0 Å². The second-order valence-corrected chi connectivity index (χ2v) is 5.42. The van der Waals surface area contributed by atoms with Crippen LogP contribution >= 0.6 is 0 Å². The monoisotopic (exact) mass is 298 g/mol. The highest BCUT2D eigenvalue weighted by Crippen LogP contribution is 2.33. The fourth-order valence-corrected chi connectivity index (χ4v) is 2.83. The van der Waals surface area contributed by atoms with Crippen LogP contribution in [-0.4, -0.2) is 0 Å². The first-order valence-corrected chi connectivity index (χ1v) is 7.50. The summed E-state index contributed by atoms with van der Waals surface area (Å²) in [4.78, 5) is 11.5. The molecule has 0 spiro atoms. The molecule has 0 amide bonds. The van der Waals surface area contributed by atoms with Crippen molar-refractivity contribution in [3.63, 3.8) is 0 Å². The third kappa shape index (κ3) is 2.55.